The van der Waals surface area contributed by atoms with Gasteiger partial charge in [-0.25, -0.2) is 23.4 Å². The Morgan fingerprint density at radius 2 is 1.67 bits per heavy atom. The Labute approximate surface area is 183 Å². The molecule has 2 aromatic heterocycles. The highest BCUT2D eigenvalue weighted by atomic mass is 35.5. The van der Waals surface area contributed by atoms with E-state index in [1.165, 1.54) is 27.4 Å². The molecule has 0 aliphatic rings. The number of pyridine rings is 1. The van der Waals surface area contributed by atoms with Gasteiger partial charge in [-0.05, 0) is 12.1 Å². The third-order valence-corrected chi connectivity index (χ3v) is 5.99. The number of rotatable bonds is 7. The molecule has 0 spiro atoms. The van der Waals surface area contributed by atoms with E-state index in [9.17, 15) is 8.42 Å². The van der Waals surface area contributed by atoms with Crippen LogP contribution in [0.15, 0.2) is 24.3 Å². The standard InChI is InChI=1S/C18H18Cl2N4O5S/c1-27-13-7-5-6-10(21-13)9-24(30(4,25)26)16-14(20)11(19)8-12-15(16)23-18(29-3)17(22-12)28-2/h5-8H,9H2,1-4H3. The molecule has 0 saturated heterocycles. The van der Waals surface area contributed by atoms with E-state index in [0.717, 1.165) is 10.6 Å². The lowest BCUT2D eigenvalue weighted by molar-refractivity contribution is 0.334. The maximum Gasteiger partial charge on any atom is 0.278 e. The molecule has 0 unspecified atom stereocenters. The van der Waals surface area contributed by atoms with Crippen LogP contribution in [0, 0.1) is 0 Å². The number of nitrogens with zero attached hydrogens (tertiary/aromatic N) is 4. The zero-order valence-corrected chi connectivity index (χ0v) is 18.8. The van der Waals surface area contributed by atoms with Crippen molar-refractivity contribution in [3.05, 3.63) is 40.0 Å². The summed E-state index contributed by atoms with van der Waals surface area (Å²) in [7, 11) is 0.441. The molecule has 0 fully saturated rings. The SMILES string of the molecule is COc1cccc(CN(c2c(Cl)c(Cl)cc3nc(OC)c(OC)nc23)S(C)(=O)=O)n1. The predicted molar refractivity (Wildman–Crippen MR) is 114 cm³/mol. The van der Waals surface area contributed by atoms with E-state index in [4.69, 9.17) is 37.4 Å². The van der Waals surface area contributed by atoms with Crippen LogP contribution in [0.3, 0.4) is 0 Å². The fourth-order valence-electron chi connectivity index (χ4n) is 2.75. The fourth-order valence-corrected chi connectivity index (χ4v) is 4.12. The Hall–Kier alpha value is -2.56. The van der Waals surface area contributed by atoms with Crippen LogP contribution in [-0.2, 0) is 16.6 Å². The first-order chi connectivity index (χ1) is 14.2. The Morgan fingerprint density at radius 3 is 2.27 bits per heavy atom. The highest BCUT2D eigenvalue weighted by Crippen LogP contribution is 2.41. The Morgan fingerprint density at radius 1 is 1.00 bits per heavy atom. The molecule has 160 valence electrons. The number of benzene rings is 1. The summed E-state index contributed by atoms with van der Waals surface area (Å²) < 4.78 is 42.0. The van der Waals surface area contributed by atoms with Crippen LogP contribution in [0.25, 0.3) is 11.0 Å². The first kappa shape index (κ1) is 22.1. The van der Waals surface area contributed by atoms with Crippen molar-refractivity contribution in [2.24, 2.45) is 0 Å². The van der Waals surface area contributed by atoms with Crippen LogP contribution in [0.5, 0.6) is 17.6 Å². The van der Waals surface area contributed by atoms with Crippen molar-refractivity contribution in [1.29, 1.82) is 0 Å². The molecule has 2 heterocycles. The molecule has 12 heteroatoms. The third kappa shape index (κ3) is 4.30. The lowest BCUT2D eigenvalue weighted by Crippen LogP contribution is -2.30. The van der Waals surface area contributed by atoms with E-state index in [-0.39, 0.29) is 45.1 Å². The summed E-state index contributed by atoms with van der Waals surface area (Å²) in [5.74, 6) is 0.529. The summed E-state index contributed by atoms with van der Waals surface area (Å²) in [6.45, 7) is -0.138. The average Bonchev–Trinajstić information content (AvgIpc) is 2.72. The molecule has 0 amide bonds. The Balaban J connectivity index is 2.29. The van der Waals surface area contributed by atoms with Crippen molar-refractivity contribution in [3.8, 4) is 17.6 Å². The molecule has 3 rings (SSSR count). The summed E-state index contributed by atoms with van der Waals surface area (Å²) in [6, 6.07) is 6.49. The van der Waals surface area contributed by atoms with Crippen LogP contribution in [0.2, 0.25) is 10.0 Å². The third-order valence-electron chi connectivity index (χ3n) is 4.10. The van der Waals surface area contributed by atoms with Gasteiger partial charge in [0.05, 0.1) is 55.4 Å². The smallest absolute Gasteiger partial charge is 0.278 e. The minimum Gasteiger partial charge on any atom is -0.481 e. The highest BCUT2D eigenvalue weighted by molar-refractivity contribution is 7.92. The lowest BCUT2D eigenvalue weighted by atomic mass is 10.2. The normalized spacial score (nSPS) is 11.4. The summed E-state index contributed by atoms with van der Waals surface area (Å²) in [5.41, 5.74) is 0.941. The van der Waals surface area contributed by atoms with Crippen molar-refractivity contribution in [3.63, 3.8) is 0 Å². The Bertz CT molecular complexity index is 1210. The predicted octanol–water partition coefficient (Wildman–Crippen LogP) is 3.32. The summed E-state index contributed by atoms with van der Waals surface area (Å²) >= 11 is 12.7. The number of hydrogen-bond acceptors (Lipinski definition) is 8. The molecule has 3 aromatic rings. The number of sulfonamides is 1. The second-order valence-corrected chi connectivity index (χ2v) is 8.76. The van der Waals surface area contributed by atoms with Gasteiger partial charge in [-0.3, -0.25) is 4.31 Å². The van der Waals surface area contributed by atoms with E-state index in [1.54, 1.807) is 18.2 Å². The van der Waals surface area contributed by atoms with Crippen LogP contribution in [0.1, 0.15) is 5.69 Å². The van der Waals surface area contributed by atoms with Crippen molar-refractivity contribution >= 4 is 49.9 Å². The average molecular weight is 473 g/mol. The molecule has 0 aliphatic carbocycles. The van der Waals surface area contributed by atoms with Crippen LogP contribution >= 0.6 is 23.2 Å². The minimum atomic E-state index is -3.83. The highest BCUT2D eigenvalue weighted by Gasteiger charge is 2.27. The van der Waals surface area contributed by atoms with E-state index in [1.807, 2.05) is 0 Å². The molecular weight excluding hydrogens is 455 g/mol. The van der Waals surface area contributed by atoms with E-state index >= 15 is 0 Å². The molecule has 0 saturated carbocycles. The van der Waals surface area contributed by atoms with Gasteiger partial charge >= 0.3 is 0 Å². The second-order valence-electron chi connectivity index (χ2n) is 6.07. The number of hydrogen-bond donors (Lipinski definition) is 0. The maximum atomic E-state index is 12.7. The molecule has 30 heavy (non-hydrogen) atoms. The number of ether oxygens (including phenoxy) is 3. The van der Waals surface area contributed by atoms with Gasteiger partial charge in [0.25, 0.3) is 11.8 Å². The van der Waals surface area contributed by atoms with Gasteiger partial charge in [0.1, 0.15) is 11.2 Å². The zero-order valence-electron chi connectivity index (χ0n) is 16.5. The van der Waals surface area contributed by atoms with Gasteiger partial charge in [-0.15, -0.1) is 0 Å². The molecule has 0 bridgehead atoms. The quantitative estimate of drug-likeness (QED) is 0.515. The van der Waals surface area contributed by atoms with E-state index in [0.29, 0.717) is 11.6 Å². The topological polar surface area (TPSA) is 104 Å². The molecule has 0 radical (unpaired) electrons. The maximum absolute atomic E-state index is 12.7. The summed E-state index contributed by atoms with van der Waals surface area (Å²) in [6.07, 6.45) is 1.05. The molecule has 0 N–H and O–H groups in total. The van der Waals surface area contributed by atoms with Crippen molar-refractivity contribution in [2.75, 3.05) is 31.9 Å². The number of fused-ring (bicyclic) bond motifs is 1. The largest absolute Gasteiger partial charge is 0.481 e. The van der Waals surface area contributed by atoms with Gasteiger partial charge < -0.3 is 14.2 Å². The molecular formula is C18H18Cl2N4O5S. The van der Waals surface area contributed by atoms with Crippen LogP contribution in [0.4, 0.5) is 5.69 Å². The number of methoxy groups -OCH3 is 3. The van der Waals surface area contributed by atoms with E-state index < -0.39 is 10.0 Å². The number of anilines is 1. The van der Waals surface area contributed by atoms with E-state index in [2.05, 4.69) is 15.0 Å². The van der Waals surface area contributed by atoms with Crippen molar-refractivity contribution in [1.82, 2.24) is 15.0 Å². The van der Waals surface area contributed by atoms with Gasteiger partial charge in [0.15, 0.2) is 0 Å². The molecule has 0 atom stereocenters. The monoisotopic (exact) mass is 472 g/mol. The lowest BCUT2D eigenvalue weighted by Gasteiger charge is -2.25. The fraction of sp³-hybridized carbons (Fsp3) is 0.278. The molecule has 0 aliphatic heterocycles. The van der Waals surface area contributed by atoms with Gasteiger partial charge in [0, 0.05) is 6.07 Å². The molecule has 9 nitrogen and oxygen atoms in total. The summed E-state index contributed by atoms with van der Waals surface area (Å²) in [4.78, 5) is 13.0. The van der Waals surface area contributed by atoms with Gasteiger partial charge in [0.2, 0.25) is 15.9 Å². The van der Waals surface area contributed by atoms with Crippen molar-refractivity contribution < 1.29 is 22.6 Å². The number of aromatic nitrogens is 3. The van der Waals surface area contributed by atoms with Crippen LogP contribution < -0.4 is 18.5 Å². The van der Waals surface area contributed by atoms with Gasteiger partial charge in [-0.2, -0.15) is 0 Å². The molecule has 1 aromatic carbocycles. The van der Waals surface area contributed by atoms with Gasteiger partial charge in [-0.1, -0.05) is 29.3 Å². The number of halogens is 2. The minimum absolute atomic E-state index is 0.000919. The second kappa shape index (κ2) is 8.66. The zero-order chi connectivity index (χ0) is 22.1. The Kier molecular flexibility index (Phi) is 6.39. The first-order valence-corrected chi connectivity index (χ1v) is 11.0. The van der Waals surface area contributed by atoms with Crippen molar-refractivity contribution in [2.45, 2.75) is 6.54 Å². The first-order valence-electron chi connectivity index (χ1n) is 8.45. The van der Waals surface area contributed by atoms with Crippen LogP contribution in [-0.4, -0.2) is 51.0 Å². The summed E-state index contributed by atoms with van der Waals surface area (Å²) in [5, 5.41) is 0.104.